The molecule has 5 heteroatoms. The van der Waals surface area contributed by atoms with Crippen molar-refractivity contribution >= 4 is 33.9 Å². The Labute approximate surface area is 178 Å². The molecule has 0 saturated heterocycles. The topological polar surface area (TPSA) is 34.0 Å². The van der Waals surface area contributed by atoms with Crippen molar-refractivity contribution in [1.29, 1.82) is 0 Å². The fourth-order valence-corrected chi connectivity index (χ4v) is 4.50. The van der Waals surface area contributed by atoms with Crippen LogP contribution in [-0.2, 0) is 6.54 Å². The lowest BCUT2D eigenvalue weighted by molar-refractivity contribution is 0.701. The molecule has 1 fully saturated rings. The summed E-state index contributed by atoms with van der Waals surface area (Å²) in [5.74, 6) is 0.671. The maximum atomic E-state index is 6.44. The van der Waals surface area contributed by atoms with Gasteiger partial charge in [-0.15, -0.1) is 0 Å². The smallest absolute Gasteiger partial charge is 0.141 e. The van der Waals surface area contributed by atoms with E-state index in [4.69, 9.17) is 11.6 Å². The fourth-order valence-electron chi connectivity index (χ4n) is 4.21. The largest absolute Gasteiger partial charge is 0.347 e. The summed E-state index contributed by atoms with van der Waals surface area (Å²) in [6.07, 6.45) is 8.45. The number of benzene rings is 1. The molecular weight excluding hydrogens is 380 g/mol. The Hall–Kier alpha value is -2.33. The zero-order chi connectivity index (χ0) is 20.5. The van der Waals surface area contributed by atoms with Crippen LogP contribution < -0.4 is 4.90 Å². The van der Waals surface area contributed by atoms with Crippen molar-refractivity contribution in [2.24, 2.45) is 0 Å². The van der Waals surface area contributed by atoms with Crippen molar-refractivity contribution in [3.8, 4) is 0 Å². The first-order valence-electron chi connectivity index (χ1n) is 10.6. The molecule has 0 amide bonds. The van der Waals surface area contributed by atoms with Gasteiger partial charge in [0.1, 0.15) is 11.5 Å². The first kappa shape index (κ1) is 20.0. The molecule has 3 aromatic rings. The average Bonchev–Trinajstić information content (AvgIpc) is 3.47. The quantitative estimate of drug-likeness (QED) is 0.395. The maximum absolute atomic E-state index is 6.44. The molecule has 0 spiro atoms. The van der Waals surface area contributed by atoms with Gasteiger partial charge in [0.25, 0.3) is 0 Å². The van der Waals surface area contributed by atoms with E-state index in [1.807, 2.05) is 6.92 Å². The molecular formula is C24H29ClN4. The van der Waals surface area contributed by atoms with E-state index in [1.54, 1.807) is 0 Å². The lowest BCUT2D eigenvalue weighted by Crippen LogP contribution is -2.23. The summed E-state index contributed by atoms with van der Waals surface area (Å²) in [7, 11) is 0. The van der Waals surface area contributed by atoms with Crippen molar-refractivity contribution < 1.29 is 0 Å². The van der Waals surface area contributed by atoms with Gasteiger partial charge in [-0.2, -0.15) is 0 Å². The van der Waals surface area contributed by atoms with Crippen molar-refractivity contribution in [1.82, 2.24) is 14.5 Å². The second kappa shape index (κ2) is 8.19. The van der Waals surface area contributed by atoms with Crippen LogP contribution in [0.2, 0.25) is 5.15 Å². The molecule has 0 radical (unpaired) electrons. The monoisotopic (exact) mass is 408 g/mol. The van der Waals surface area contributed by atoms with Crippen LogP contribution in [0.3, 0.4) is 0 Å². The summed E-state index contributed by atoms with van der Waals surface area (Å²) < 4.78 is 2.41. The highest BCUT2D eigenvalue weighted by Crippen LogP contribution is 2.45. The minimum absolute atomic E-state index is 0.459. The van der Waals surface area contributed by atoms with E-state index < -0.39 is 0 Å². The van der Waals surface area contributed by atoms with Gasteiger partial charge in [-0.3, -0.25) is 0 Å². The van der Waals surface area contributed by atoms with Crippen LogP contribution in [0, 0.1) is 6.92 Å². The molecule has 0 N–H and O–H groups in total. The number of hydrogen-bond acceptors (Lipinski definition) is 3. The molecule has 0 aliphatic heterocycles. The third-order valence-corrected chi connectivity index (χ3v) is 6.01. The van der Waals surface area contributed by atoms with Crippen LogP contribution in [0.5, 0.6) is 0 Å². The number of hydrogen-bond donors (Lipinski definition) is 0. The van der Waals surface area contributed by atoms with Gasteiger partial charge in [-0.05, 0) is 62.3 Å². The summed E-state index contributed by atoms with van der Waals surface area (Å²) in [6.45, 7) is 12.7. The summed E-state index contributed by atoms with van der Waals surface area (Å²) in [4.78, 5) is 10.8. The first-order valence-corrected chi connectivity index (χ1v) is 11.0. The van der Waals surface area contributed by atoms with E-state index in [9.17, 15) is 0 Å². The summed E-state index contributed by atoms with van der Waals surface area (Å²) >= 11 is 6.44. The molecule has 29 heavy (non-hydrogen) atoms. The zero-order valence-corrected chi connectivity index (χ0v) is 18.3. The lowest BCUT2D eigenvalue weighted by Gasteiger charge is -2.28. The molecule has 1 saturated carbocycles. The van der Waals surface area contributed by atoms with Crippen molar-refractivity contribution in [2.45, 2.75) is 58.9 Å². The van der Waals surface area contributed by atoms with Gasteiger partial charge in [-0.25, -0.2) is 9.97 Å². The van der Waals surface area contributed by atoms with Crippen LogP contribution in [-0.4, -0.2) is 21.1 Å². The third kappa shape index (κ3) is 3.78. The summed E-state index contributed by atoms with van der Waals surface area (Å²) in [5.41, 5.74) is 6.60. The van der Waals surface area contributed by atoms with E-state index in [1.165, 1.54) is 41.3 Å². The number of aromatic nitrogens is 3. The molecule has 152 valence electrons. The molecule has 2 heterocycles. The lowest BCUT2D eigenvalue weighted by atomic mass is 10.0. The fraction of sp³-hybridized carbons (Fsp3) is 0.417. The standard InChI is InChI=1S/C24H29ClN4/c1-5-10-28-12-9-19-13-20(14-21(23(19)28)18-7-8-18)29(11-6-2)17(4)22-16(3)26-15-27-24(22)25/h9,12-15,18H,4-8,10-11H2,1-3H3. The van der Waals surface area contributed by atoms with E-state index >= 15 is 0 Å². The normalized spacial score (nSPS) is 13.8. The second-order valence-electron chi connectivity index (χ2n) is 7.98. The molecule has 4 nitrogen and oxygen atoms in total. The Balaban J connectivity index is 1.83. The van der Waals surface area contributed by atoms with Crippen LogP contribution in [0.1, 0.15) is 62.3 Å². The van der Waals surface area contributed by atoms with Gasteiger partial charge in [0.2, 0.25) is 0 Å². The average molecular weight is 409 g/mol. The number of halogens is 1. The molecule has 0 bridgehead atoms. The number of anilines is 1. The highest BCUT2D eigenvalue weighted by molar-refractivity contribution is 6.31. The van der Waals surface area contributed by atoms with Crippen molar-refractivity contribution in [3.63, 3.8) is 0 Å². The van der Waals surface area contributed by atoms with E-state index in [0.717, 1.165) is 42.9 Å². The molecule has 1 aliphatic rings. The Bertz CT molecular complexity index is 1030. The van der Waals surface area contributed by atoms with Crippen molar-refractivity contribution in [3.05, 3.63) is 59.3 Å². The minimum Gasteiger partial charge on any atom is -0.347 e. The Morgan fingerprint density at radius 2 is 2.03 bits per heavy atom. The van der Waals surface area contributed by atoms with E-state index in [2.05, 4.69) is 64.3 Å². The van der Waals surface area contributed by atoms with Gasteiger partial charge in [0.05, 0.1) is 16.8 Å². The first-order chi connectivity index (χ1) is 14.0. The zero-order valence-electron chi connectivity index (χ0n) is 17.6. The van der Waals surface area contributed by atoms with Crippen LogP contribution in [0.15, 0.2) is 37.3 Å². The molecule has 0 unspecified atom stereocenters. The number of fused-ring (bicyclic) bond motifs is 1. The van der Waals surface area contributed by atoms with Gasteiger partial charge >= 0.3 is 0 Å². The van der Waals surface area contributed by atoms with Gasteiger partial charge in [-0.1, -0.05) is 32.0 Å². The minimum atomic E-state index is 0.459. The predicted octanol–water partition coefficient (Wildman–Crippen LogP) is 6.57. The Morgan fingerprint density at radius 1 is 1.24 bits per heavy atom. The molecule has 0 atom stereocenters. The van der Waals surface area contributed by atoms with Gasteiger partial charge < -0.3 is 9.47 Å². The van der Waals surface area contributed by atoms with Crippen LogP contribution in [0.4, 0.5) is 5.69 Å². The second-order valence-corrected chi connectivity index (χ2v) is 8.34. The molecule has 1 aliphatic carbocycles. The van der Waals surface area contributed by atoms with Crippen molar-refractivity contribution in [2.75, 3.05) is 11.4 Å². The Kier molecular flexibility index (Phi) is 5.64. The van der Waals surface area contributed by atoms with E-state index in [-0.39, 0.29) is 0 Å². The van der Waals surface area contributed by atoms with Gasteiger partial charge in [0, 0.05) is 36.1 Å². The number of aryl methyl sites for hydroxylation is 2. The third-order valence-electron chi connectivity index (χ3n) is 5.72. The number of rotatable bonds is 8. The summed E-state index contributed by atoms with van der Waals surface area (Å²) in [6, 6.07) is 6.92. The predicted molar refractivity (Wildman–Crippen MR) is 123 cm³/mol. The molecule has 1 aromatic carbocycles. The van der Waals surface area contributed by atoms with Crippen LogP contribution >= 0.6 is 11.6 Å². The Morgan fingerprint density at radius 3 is 2.69 bits per heavy atom. The van der Waals surface area contributed by atoms with E-state index in [0.29, 0.717) is 11.1 Å². The SMILES string of the molecule is C=C(c1c(C)ncnc1Cl)N(CCC)c1cc(C2CC2)c2c(ccn2CCC)c1. The molecule has 2 aromatic heterocycles. The maximum Gasteiger partial charge on any atom is 0.141 e. The van der Waals surface area contributed by atoms with Crippen LogP contribution in [0.25, 0.3) is 16.6 Å². The molecule has 4 rings (SSSR count). The highest BCUT2D eigenvalue weighted by Gasteiger charge is 2.28. The summed E-state index contributed by atoms with van der Waals surface area (Å²) in [5, 5.41) is 1.76. The van der Waals surface area contributed by atoms with Gasteiger partial charge in [0.15, 0.2) is 0 Å². The number of nitrogens with zero attached hydrogens (tertiary/aromatic N) is 4. The highest BCUT2D eigenvalue weighted by atomic mass is 35.5.